The largest absolute Gasteiger partial charge is 0.493 e. The average Bonchev–Trinajstić information content (AvgIpc) is 2.69. The van der Waals surface area contributed by atoms with Crippen molar-refractivity contribution in [3.05, 3.63) is 51.9 Å². The fourth-order valence-corrected chi connectivity index (χ4v) is 3.24. The Morgan fingerprint density at radius 2 is 1.90 bits per heavy atom. The maximum Gasteiger partial charge on any atom is 0.270 e. The molecule has 1 aromatic heterocycles. The Balaban J connectivity index is 1.76. The number of aromatic nitrogens is 2. The van der Waals surface area contributed by atoms with Crippen molar-refractivity contribution >= 4 is 22.4 Å². The Hall–Kier alpha value is -3.22. The summed E-state index contributed by atoms with van der Waals surface area (Å²) in [4.78, 5) is 19.6. The lowest BCUT2D eigenvalue weighted by Crippen LogP contribution is -2.17. The van der Waals surface area contributed by atoms with Gasteiger partial charge in [0.15, 0.2) is 11.5 Å². The van der Waals surface area contributed by atoms with Crippen LogP contribution in [0.5, 0.6) is 11.5 Å². The van der Waals surface area contributed by atoms with Gasteiger partial charge in [-0.05, 0) is 48.6 Å². The molecule has 4 N–H and O–H groups in total. The summed E-state index contributed by atoms with van der Waals surface area (Å²) in [6.45, 7) is 4.82. The van der Waals surface area contributed by atoms with Crippen LogP contribution in [0.25, 0.3) is 11.0 Å². The van der Waals surface area contributed by atoms with Crippen molar-refractivity contribution in [1.82, 2.24) is 9.97 Å². The minimum atomic E-state index is -0.153. The van der Waals surface area contributed by atoms with Crippen molar-refractivity contribution in [2.45, 2.75) is 26.7 Å². The minimum Gasteiger partial charge on any atom is -0.493 e. The van der Waals surface area contributed by atoms with E-state index in [-0.39, 0.29) is 5.56 Å². The van der Waals surface area contributed by atoms with Crippen LogP contribution in [0.15, 0.2) is 35.1 Å². The van der Waals surface area contributed by atoms with Crippen LogP contribution >= 0.6 is 0 Å². The quantitative estimate of drug-likeness (QED) is 0.505. The summed E-state index contributed by atoms with van der Waals surface area (Å²) in [5, 5.41) is 3.37. The van der Waals surface area contributed by atoms with Gasteiger partial charge in [0.25, 0.3) is 5.56 Å². The third-order valence-corrected chi connectivity index (χ3v) is 4.71. The van der Waals surface area contributed by atoms with Gasteiger partial charge in [0.05, 0.1) is 36.6 Å². The first-order chi connectivity index (χ1) is 13.9. The van der Waals surface area contributed by atoms with Gasteiger partial charge in [0.1, 0.15) is 5.69 Å². The molecule has 0 bridgehead atoms. The maximum absolute atomic E-state index is 12.2. The highest BCUT2D eigenvalue weighted by molar-refractivity contribution is 5.86. The van der Waals surface area contributed by atoms with Crippen molar-refractivity contribution in [3.63, 3.8) is 0 Å². The number of rotatable bonds is 8. The lowest BCUT2D eigenvalue weighted by Gasteiger charge is -2.13. The van der Waals surface area contributed by atoms with Crippen LogP contribution < -0.4 is 26.1 Å². The molecule has 0 unspecified atom stereocenters. The van der Waals surface area contributed by atoms with Crippen LogP contribution in [-0.2, 0) is 12.8 Å². The van der Waals surface area contributed by atoms with E-state index < -0.39 is 0 Å². The lowest BCUT2D eigenvalue weighted by molar-refractivity contribution is 0.354. The molecule has 1 heterocycles. The summed E-state index contributed by atoms with van der Waals surface area (Å²) in [6, 6.07) is 9.52. The van der Waals surface area contributed by atoms with Crippen LogP contribution in [0.3, 0.4) is 0 Å². The predicted molar refractivity (Wildman–Crippen MR) is 117 cm³/mol. The van der Waals surface area contributed by atoms with E-state index in [1.54, 1.807) is 20.3 Å². The minimum absolute atomic E-state index is 0.153. The van der Waals surface area contributed by atoms with E-state index in [0.717, 1.165) is 23.2 Å². The number of fused-ring (bicyclic) bond motifs is 1. The second-order valence-corrected chi connectivity index (χ2v) is 7.43. The Labute approximate surface area is 170 Å². The van der Waals surface area contributed by atoms with Crippen molar-refractivity contribution in [3.8, 4) is 11.5 Å². The average molecular weight is 396 g/mol. The molecule has 0 aliphatic heterocycles. The molecule has 154 valence electrons. The van der Waals surface area contributed by atoms with Gasteiger partial charge >= 0.3 is 0 Å². The number of benzene rings is 2. The SMILES string of the molecule is COc1ccc(CCNc2cc3nc(CC(C)C)c(=O)[nH]c3cc2N)cc1OC. The first-order valence-electron chi connectivity index (χ1n) is 9.68. The van der Waals surface area contributed by atoms with Crippen LogP contribution in [0.1, 0.15) is 25.1 Å². The number of nitrogens with zero attached hydrogens (tertiary/aromatic N) is 1. The Morgan fingerprint density at radius 1 is 1.14 bits per heavy atom. The second-order valence-electron chi connectivity index (χ2n) is 7.43. The van der Waals surface area contributed by atoms with Crippen molar-refractivity contribution < 1.29 is 9.47 Å². The van der Waals surface area contributed by atoms with E-state index in [2.05, 4.69) is 29.1 Å². The van der Waals surface area contributed by atoms with Crippen LogP contribution in [0.4, 0.5) is 11.4 Å². The lowest BCUT2D eigenvalue weighted by atomic mass is 10.1. The maximum atomic E-state index is 12.2. The number of hydrogen-bond acceptors (Lipinski definition) is 6. The van der Waals surface area contributed by atoms with Gasteiger partial charge in [-0.15, -0.1) is 0 Å². The monoisotopic (exact) mass is 396 g/mol. The number of aromatic amines is 1. The summed E-state index contributed by atoms with van der Waals surface area (Å²) < 4.78 is 10.6. The van der Waals surface area contributed by atoms with Gasteiger partial charge in [-0.2, -0.15) is 0 Å². The van der Waals surface area contributed by atoms with E-state index in [9.17, 15) is 4.79 Å². The normalized spacial score (nSPS) is 11.1. The zero-order chi connectivity index (χ0) is 21.0. The second kappa shape index (κ2) is 8.86. The van der Waals surface area contributed by atoms with Gasteiger partial charge in [-0.25, -0.2) is 4.98 Å². The van der Waals surface area contributed by atoms with Crippen molar-refractivity contribution in [2.24, 2.45) is 5.92 Å². The fourth-order valence-electron chi connectivity index (χ4n) is 3.24. The number of H-pyrrole nitrogens is 1. The standard InChI is InChI=1S/C22H28N4O3/c1-13(2)9-19-22(27)26-17-11-15(23)16(12-18(17)25-19)24-8-7-14-5-6-20(28-3)21(10-14)29-4/h5-6,10-13,24H,7-9,23H2,1-4H3,(H,26,27). The molecule has 0 saturated carbocycles. The molecule has 7 heteroatoms. The summed E-state index contributed by atoms with van der Waals surface area (Å²) in [7, 11) is 3.25. The van der Waals surface area contributed by atoms with Crippen LogP contribution in [0, 0.1) is 5.92 Å². The Kier molecular flexibility index (Phi) is 6.26. The van der Waals surface area contributed by atoms with Crippen molar-refractivity contribution in [2.75, 3.05) is 31.8 Å². The molecule has 0 aliphatic rings. The Morgan fingerprint density at radius 3 is 2.59 bits per heavy atom. The topological polar surface area (TPSA) is 102 Å². The zero-order valence-corrected chi connectivity index (χ0v) is 17.3. The van der Waals surface area contributed by atoms with E-state index in [1.165, 1.54) is 0 Å². The number of nitrogens with one attached hydrogen (secondary N) is 2. The molecular weight excluding hydrogens is 368 g/mol. The van der Waals surface area contributed by atoms with Gasteiger partial charge < -0.3 is 25.5 Å². The van der Waals surface area contributed by atoms with Gasteiger partial charge in [-0.3, -0.25) is 4.79 Å². The molecule has 3 rings (SSSR count). The highest BCUT2D eigenvalue weighted by Crippen LogP contribution is 2.28. The smallest absolute Gasteiger partial charge is 0.270 e. The van der Waals surface area contributed by atoms with E-state index in [1.807, 2.05) is 24.3 Å². The highest BCUT2D eigenvalue weighted by atomic mass is 16.5. The first kappa shape index (κ1) is 20.5. The third-order valence-electron chi connectivity index (χ3n) is 4.71. The number of nitrogen functional groups attached to an aromatic ring is 1. The molecule has 0 amide bonds. The number of nitrogens with two attached hydrogens (primary N) is 1. The summed E-state index contributed by atoms with van der Waals surface area (Å²) in [5.41, 5.74) is 10.4. The molecule has 0 saturated heterocycles. The molecule has 0 fully saturated rings. The molecular formula is C22H28N4O3. The van der Waals surface area contributed by atoms with E-state index in [4.69, 9.17) is 15.2 Å². The molecule has 7 nitrogen and oxygen atoms in total. The van der Waals surface area contributed by atoms with E-state index in [0.29, 0.717) is 47.3 Å². The zero-order valence-electron chi connectivity index (χ0n) is 17.3. The molecule has 0 radical (unpaired) electrons. The number of ether oxygens (including phenoxy) is 2. The molecule has 0 aliphatic carbocycles. The van der Waals surface area contributed by atoms with Crippen LogP contribution in [-0.4, -0.2) is 30.7 Å². The highest BCUT2D eigenvalue weighted by Gasteiger charge is 2.10. The number of anilines is 2. The molecule has 2 aromatic carbocycles. The van der Waals surface area contributed by atoms with Gasteiger partial charge in [0, 0.05) is 6.54 Å². The van der Waals surface area contributed by atoms with Gasteiger partial charge in [0.2, 0.25) is 0 Å². The first-order valence-corrected chi connectivity index (χ1v) is 9.68. The molecule has 3 aromatic rings. The summed E-state index contributed by atoms with van der Waals surface area (Å²) >= 11 is 0. The third kappa shape index (κ3) is 4.80. The fraction of sp³-hybridized carbons (Fsp3) is 0.364. The van der Waals surface area contributed by atoms with Crippen LogP contribution in [0.2, 0.25) is 0 Å². The summed E-state index contributed by atoms with van der Waals surface area (Å²) in [6.07, 6.45) is 1.42. The van der Waals surface area contributed by atoms with E-state index >= 15 is 0 Å². The molecule has 0 spiro atoms. The molecule has 0 atom stereocenters. The number of hydrogen-bond donors (Lipinski definition) is 3. The van der Waals surface area contributed by atoms with Crippen molar-refractivity contribution in [1.29, 1.82) is 0 Å². The van der Waals surface area contributed by atoms with Gasteiger partial charge in [-0.1, -0.05) is 19.9 Å². The number of methoxy groups -OCH3 is 2. The molecule has 29 heavy (non-hydrogen) atoms. The Bertz CT molecular complexity index is 1060. The summed E-state index contributed by atoms with van der Waals surface area (Å²) in [5.74, 6) is 1.77. The predicted octanol–water partition coefficient (Wildman–Crippen LogP) is 3.38.